The molecule has 0 unspecified atom stereocenters. The van der Waals surface area contributed by atoms with E-state index < -0.39 is 6.03 Å². The van der Waals surface area contributed by atoms with Gasteiger partial charge < -0.3 is 10.1 Å². The van der Waals surface area contributed by atoms with Crippen LogP contribution < -0.4 is 10.1 Å². The maximum atomic E-state index is 12.9. The molecule has 1 fully saturated rings. The first-order chi connectivity index (χ1) is 15.8. The number of hydrogen-bond donors (Lipinski definition) is 1. The number of halogens is 2. The third-order valence-electron chi connectivity index (χ3n) is 5.18. The van der Waals surface area contributed by atoms with Crippen LogP contribution in [0.4, 0.5) is 4.79 Å². The van der Waals surface area contributed by atoms with Crippen LogP contribution in [-0.2, 0) is 17.9 Å². The quantitative estimate of drug-likeness (QED) is 0.195. The molecule has 4 rings (SSSR count). The Morgan fingerprint density at radius 1 is 0.909 bits per heavy atom. The molecule has 168 valence electrons. The number of carbonyl (C=O) groups is 2. The van der Waals surface area contributed by atoms with E-state index in [1.165, 1.54) is 10.5 Å². The van der Waals surface area contributed by atoms with Crippen molar-refractivity contribution in [3.8, 4) is 5.75 Å². The molecule has 7 heteroatoms. The summed E-state index contributed by atoms with van der Waals surface area (Å²) in [7, 11) is 0. The zero-order valence-electron chi connectivity index (χ0n) is 18.2. The summed E-state index contributed by atoms with van der Waals surface area (Å²) in [5, 5.41) is 2.70. The van der Waals surface area contributed by atoms with Gasteiger partial charge in [-0.15, -0.1) is 0 Å². The van der Waals surface area contributed by atoms with Crippen LogP contribution in [0, 0.1) is 21.0 Å². The van der Waals surface area contributed by atoms with E-state index in [2.05, 4.69) is 69.6 Å². The molecule has 0 aliphatic carbocycles. The van der Waals surface area contributed by atoms with E-state index in [0.717, 1.165) is 35.1 Å². The van der Waals surface area contributed by atoms with Gasteiger partial charge in [-0.05, 0) is 93.9 Å². The number of hydrogen-bond acceptors (Lipinski definition) is 3. The third kappa shape index (κ3) is 5.75. The molecule has 33 heavy (non-hydrogen) atoms. The Bertz CT molecular complexity index is 1250. The van der Waals surface area contributed by atoms with E-state index in [1.807, 2.05) is 55.5 Å². The molecule has 5 nitrogen and oxygen atoms in total. The van der Waals surface area contributed by atoms with Gasteiger partial charge in [0.2, 0.25) is 0 Å². The molecule has 1 N–H and O–H groups in total. The fraction of sp³-hybridized carbons (Fsp3) is 0.154. The van der Waals surface area contributed by atoms with Gasteiger partial charge in [0.15, 0.2) is 0 Å². The summed E-state index contributed by atoms with van der Waals surface area (Å²) in [6.45, 7) is 4.77. The molecule has 0 spiro atoms. The molecule has 3 amide bonds. The number of nitrogens with one attached hydrogen (secondary N) is 1. The summed E-state index contributed by atoms with van der Waals surface area (Å²) in [6.07, 6.45) is 1.71. The van der Waals surface area contributed by atoms with Crippen LogP contribution in [0.1, 0.15) is 27.8 Å². The van der Waals surface area contributed by atoms with Crippen LogP contribution in [0.5, 0.6) is 5.75 Å². The van der Waals surface area contributed by atoms with Gasteiger partial charge in [-0.1, -0.05) is 59.7 Å². The summed E-state index contributed by atoms with van der Waals surface area (Å²) in [4.78, 5) is 26.5. The number of benzene rings is 3. The molecule has 0 saturated carbocycles. The molecule has 0 bridgehead atoms. The molecule has 0 aromatic heterocycles. The molecule has 0 atom stereocenters. The van der Waals surface area contributed by atoms with Crippen LogP contribution in [0.25, 0.3) is 6.08 Å². The predicted molar refractivity (Wildman–Crippen MR) is 146 cm³/mol. The molecule has 3 aromatic rings. The Balaban J connectivity index is 1.50. The highest BCUT2D eigenvalue weighted by molar-refractivity contribution is 14.1. The lowest BCUT2D eigenvalue weighted by Crippen LogP contribution is -2.30. The molecular formula is C26H22I2N2O3. The zero-order chi connectivity index (χ0) is 23.5. The van der Waals surface area contributed by atoms with E-state index in [4.69, 9.17) is 4.74 Å². The van der Waals surface area contributed by atoms with Crippen molar-refractivity contribution in [3.05, 3.63) is 101 Å². The molecule has 1 aliphatic rings. The van der Waals surface area contributed by atoms with Crippen molar-refractivity contribution in [2.45, 2.75) is 27.0 Å². The Morgan fingerprint density at radius 3 is 2.15 bits per heavy atom. The summed E-state index contributed by atoms with van der Waals surface area (Å²) < 4.78 is 7.96. The van der Waals surface area contributed by atoms with Crippen molar-refractivity contribution < 1.29 is 14.3 Å². The summed E-state index contributed by atoms with van der Waals surface area (Å²) >= 11 is 4.47. The predicted octanol–water partition coefficient (Wildman–Crippen LogP) is 6.18. The van der Waals surface area contributed by atoms with E-state index in [-0.39, 0.29) is 18.1 Å². The first-order valence-electron chi connectivity index (χ1n) is 10.4. The number of rotatable bonds is 6. The second-order valence-electron chi connectivity index (χ2n) is 7.96. The monoisotopic (exact) mass is 664 g/mol. The van der Waals surface area contributed by atoms with Gasteiger partial charge in [-0.2, -0.15) is 0 Å². The lowest BCUT2D eigenvalue weighted by molar-refractivity contribution is -0.123. The fourth-order valence-corrected chi connectivity index (χ4v) is 5.76. The number of urea groups is 1. The van der Waals surface area contributed by atoms with Gasteiger partial charge in [0, 0.05) is 0 Å². The fourth-order valence-electron chi connectivity index (χ4n) is 3.63. The third-order valence-corrected chi connectivity index (χ3v) is 6.79. The second-order valence-corrected chi connectivity index (χ2v) is 10.3. The smallest absolute Gasteiger partial charge is 0.329 e. The van der Waals surface area contributed by atoms with Crippen molar-refractivity contribution in [2.75, 3.05) is 0 Å². The lowest BCUT2D eigenvalue weighted by Gasteiger charge is -2.12. The number of imide groups is 1. The molecule has 1 saturated heterocycles. The Morgan fingerprint density at radius 2 is 1.52 bits per heavy atom. The van der Waals surface area contributed by atoms with Crippen molar-refractivity contribution in [2.24, 2.45) is 0 Å². The van der Waals surface area contributed by atoms with E-state index >= 15 is 0 Å². The van der Waals surface area contributed by atoms with E-state index in [9.17, 15) is 9.59 Å². The molecule has 1 heterocycles. The average Bonchev–Trinajstić information content (AvgIpc) is 3.00. The number of amides is 3. The first kappa shape index (κ1) is 23.7. The van der Waals surface area contributed by atoms with Crippen LogP contribution in [0.2, 0.25) is 0 Å². The van der Waals surface area contributed by atoms with Gasteiger partial charge in [0.25, 0.3) is 5.91 Å². The van der Waals surface area contributed by atoms with E-state index in [0.29, 0.717) is 6.61 Å². The summed E-state index contributed by atoms with van der Waals surface area (Å²) in [5.74, 6) is 0.481. The Kier molecular flexibility index (Phi) is 7.38. The minimum Gasteiger partial charge on any atom is -0.487 e. The molecular weight excluding hydrogens is 642 g/mol. The van der Waals surface area contributed by atoms with Gasteiger partial charge in [0.05, 0.1) is 13.7 Å². The van der Waals surface area contributed by atoms with Crippen molar-refractivity contribution >= 4 is 63.2 Å². The maximum absolute atomic E-state index is 12.9. The van der Waals surface area contributed by atoms with Crippen LogP contribution in [-0.4, -0.2) is 16.8 Å². The highest BCUT2D eigenvalue weighted by atomic mass is 127. The minimum absolute atomic E-state index is 0.241. The number of nitrogens with zero attached hydrogens (tertiary/aromatic N) is 1. The number of carbonyl (C=O) groups excluding carboxylic acids is 2. The number of ether oxygens (including phenoxy) is 1. The normalized spacial score (nSPS) is 14.7. The maximum Gasteiger partial charge on any atom is 0.329 e. The molecule has 3 aromatic carbocycles. The van der Waals surface area contributed by atoms with Crippen molar-refractivity contribution in [1.29, 1.82) is 0 Å². The first-order valence-corrected chi connectivity index (χ1v) is 12.5. The van der Waals surface area contributed by atoms with Gasteiger partial charge in [-0.3, -0.25) is 9.69 Å². The molecule has 0 radical (unpaired) electrons. The van der Waals surface area contributed by atoms with Crippen LogP contribution >= 0.6 is 45.2 Å². The topological polar surface area (TPSA) is 58.6 Å². The second kappa shape index (κ2) is 10.3. The standard InChI is InChI=1S/C26H22I2N2O3/c1-16-5-3-7-18(9-16)14-30-25(31)23(29-26(30)32)13-20-11-21(27)24(22(28)12-20)33-15-19-8-4-6-17(2)10-19/h3-13H,14-15H2,1-2H3,(H,29,32)/b23-13+. The highest BCUT2D eigenvalue weighted by Crippen LogP contribution is 2.31. The Hall–Kier alpha value is -2.40. The van der Waals surface area contributed by atoms with Crippen molar-refractivity contribution in [3.63, 3.8) is 0 Å². The van der Waals surface area contributed by atoms with Gasteiger partial charge in [-0.25, -0.2) is 4.79 Å². The SMILES string of the molecule is Cc1cccc(COc2c(I)cc(/C=C3/NC(=O)N(Cc4cccc(C)c4)C3=O)cc2I)c1. The van der Waals surface area contributed by atoms with Gasteiger partial charge in [0.1, 0.15) is 18.1 Å². The van der Waals surface area contributed by atoms with Gasteiger partial charge >= 0.3 is 6.03 Å². The van der Waals surface area contributed by atoms with Crippen molar-refractivity contribution in [1.82, 2.24) is 10.2 Å². The Labute approximate surface area is 220 Å². The highest BCUT2D eigenvalue weighted by Gasteiger charge is 2.33. The minimum atomic E-state index is -0.407. The largest absolute Gasteiger partial charge is 0.487 e. The zero-order valence-corrected chi connectivity index (χ0v) is 22.5. The van der Waals surface area contributed by atoms with E-state index in [1.54, 1.807) is 6.08 Å². The summed E-state index contributed by atoms with van der Waals surface area (Å²) in [6, 6.07) is 19.5. The van der Waals surface area contributed by atoms with Crippen LogP contribution in [0.3, 0.4) is 0 Å². The average molecular weight is 664 g/mol. The lowest BCUT2D eigenvalue weighted by atomic mass is 10.1. The molecule has 1 aliphatic heterocycles. The summed E-state index contributed by atoms with van der Waals surface area (Å²) in [5.41, 5.74) is 5.41. The van der Waals surface area contributed by atoms with Crippen LogP contribution in [0.15, 0.2) is 66.4 Å². The number of aryl methyl sites for hydroxylation is 2.